The van der Waals surface area contributed by atoms with Crippen LogP contribution in [0.2, 0.25) is 0 Å². The number of benzene rings is 1. The minimum atomic E-state index is -0.145. The molecule has 7 heteroatoms. The lowest BCUT2D eigenvalue weighted by Gasteiger charge is -2.19. The Morgan fingerprint density at radius 2 is 2.13 bits per heavy atom. The van der Waals surface area contributed by atoms with Gasteiger partial charge in [0.1, 0.15) is 12.4 Å². The zero-order valence-electron chi connectivity index (χ0n) is 16.7. The molecule has 0 spiro atoms. The number of thiazole rings is 1. The van der Waals surface area contributed by atoms with E-state index in [0.717, 1.165) is 27.6 Å². The quantitative estimate of drug-likeness (QED) is 0.482. The van der Waals surface area contributed by atoms with E-state index < -0.39 is 0 Å². The largest absolute Gasteiger partial charge is 0.487 e. The summed E-state index contributed by atoms with van der Waals surface area (Å²) in [5.41, 5.74) is 2.73. The van der Waals surface area contributed by atoms with Crippen molar-refractivity contribution < 1.29 is 9.53 Å². The number of rotatable bonds is 9. The van der Waals surface area contributed by atoms with Gasteiger partial charge in [-0.2, -0.15) is 5.26 Å². The fourth-order valence-corrected chi connectivity index (χ4v) is 3.34. The van der Waals surface area contributed by atoms with Crippen molar-refractivity contribution in [2.45, 2.75) is 26.5 Å². The summed E-state index contributed by atoms with van der Waals surface area (Å²) >= 11 is 1.60. The number of nitrogens with zero attached hydrogens (tertiary/aromatic N) is 4. The Labute approximate surface area is 180 Å². The van der Waals surface area contributed by atoms with E-state index in [-0.39, 0.29) is 12.3 Å². The van der Waals surface area contributed by atoms with E-state index in [1.165, 1.54) is 6.08 Å². The van der Waals surface area contributed by atoms with E-state index in [2.05, 4.69) is 16.0 Å². The summed E-state index contributed by atoms with van der Waals surface area (Å²) < 4.78 is 5.74. The maximum Gasteiger partial charge on any atom is 0.246 e. The van der Waals surface area contributed by atoms with Crippen LogP contribution in [0.5, 0.6) is 5.75 Å². The first-order valence-corrected chi connectivity index (χ1v) is 10.4. The van der Waals surface area contributed by atoms with Gasteiger partial charge >= 0.3 is 0 Å². The number of aryl methyl sites for hydroxylation is 1. The van der Waals surface area contributed by atoms with Gasteiger partial charge in [-0.3, -0.25) is 9.78 Å². The van der Waals surface area contributed by atoms with Crippen molar-refractivity contribution in [3.8, 4) is 11.8 Å². The number of nitriles is 1. The number of carbonyl (C=O) groups is 1. The van der Waals surface area contributed by atoms with E-state index in [1.54, 1.807) is 34.7 Å². The molecule has 0 bridgehead atoms. The van der Waals surface area contributed by atoms with Gasteiger partial charge in [-0.15, -0.1) is 11.3 Å². The van der Waals surface area contributed by atoms with E-state index in [4.69, 9.17) is 10.00 Å². The lowest BCUT2D eigenvalue weighted by Crippen LogP contribution is -2.29. The number of ether oxygens (including phenoxy) is 1. The third-order valence-corrected chi connectivity index (χ3v) is 5.08. The fraction of sp³-hybridized carbons (Fsp3) is 0.217. The smallest absolute Gasteiger partial charge is 0.246 e. The standard InChI is InChI=1S/C23H22N4O2S/c1-18-26-21(17-30-18)16-29-22-8-5-19(6-9-22)7-10-23(28)27(13-3-11-24)15-20-4-2-12-25-14-20/h2,4-10,12,14,17H,3,13,15-16H2,1H3/b10-7+. The molecule has 6 nitrogen and oxygen atoms in total. The number of amides is 1. The molecule has 0 aliphatic rings. The average Bonchev–Trinajstić information content (AvgIpc) is 3.20. The Balaban J connectivity index is 1.58. The minimum absolute atomic E-state index is 0.145. The number of pyridine rings is 1. The van der Waals surface area contributed by atoms with Crippen LogP contribution >= 0.6 is 11.3 Å². The van der Waals surface area contributed by atoms with E-state index in [9.17, 15) is 4.79 Å². The van der Waals surface area contributed by atoms with Gasteiger partial charge in [-0.25, -0.2) is 4.98 Å². The molecule has 0 radical (unpaired) electrons. The monoisotopic (exact) mass is 418 g/mol. The molecule has 30 heavy (non-hydrogen) atoms. The number of hydrogen-bond donors (Lipinski definition) is 0. The second kappa shape index (κ2) is 10.9. The van der Waals surface area contributed by atoms with Crippen molar-refractivity contribution in [2.75, 3.05) is 6.54 Å². The lowest BCUT2D eigenvalue weighted by molar-refractivity contribution is -0.126. The summed E-state index contributed by atoms with van der Waals surface area (Å²) in [5, 5.41) is 11.9. The summed E-state index contributed by atoms with van der Waals surface area (Å²) in [7, 11) is 0. The second-order valence-corrected chi connectivity index (χ2v) is 7.64. The number of aromatic nitrogens is 2. The molecule has 0 saturated carbocycles. The van der Waals surface area contributed by atoms with Gasteiger partial charge in [-0.05, 0) is 42.3 Å². The molecule has 0 atom stereocenters. The molecule has 0 aliphatic carbocycles. The summed E-state index contributed by atoms with van der Waals surface area (Å²) in [6, 6.07) is 13.4. The first-order valence-electron chi connectivity index (χ1n) is 9.51. The van der Waals surface area contributed by atoms with Crippen molar-refractivity contribution >= 4 is 23.3 Å². The fourth-order valence-electron chi connectivity index (χ4n) is 2.74. The second-order valence-electron chi connectivity index (χ2n) is 6.58. The predicted molar refractivity (Wildman–Crippen MR) is 117 cm³/mol. The molecule has 3 rings (SSSR count). The Morgan fingerprint density at radius 1 is 1.30 bits per heavy atom. The minimum Gasteiger partial charge on any atom is -0.487 e. The van der Waals surface area contributed by atoms with Gasteiger partial charge in [-0.1, -0.05) is 18.2 Å². The molecule has 3 aromatic rings. The summed E-state index contributed by atoms with van der Waals surface area (Å²) in [4.78, 5) is 22.7. The number of hydrogen-bond acceptors (Lipinski definition) is 6. The number of carbonyl (C=O) groups excluding carboxylic acids is 1. The van der Waals surface area contributed by atoms with Crippen LogP contribution in [0.1, 0.15) is 28.2 Å². The highest BCUT2D eigenvalue weighted by Gasteiger charge is 2.11. The Bertz CT molecular complexity index is 1020. The predicted octanol–water partition coefficient (Wildman–Crippen LogP) is 4.38. The van der Waals surface area contributed by atoms with Gasteiger partial charge in [0.2, 0.25) is 5.91 Å². The third kappa shape index (κ3) is 6.54. The van der Waals surface area contributed by atoms with E-state index in [0.29, 0.717) is 19.7 Å². The molecule has 0 aliphatic heterocycles. The third-order valence-electron chi connectivity index (χ3n) is 4.25. The van der Waals surface area contributed by atoms with Crippen LogP contribution in [0.3, 0.4) is 0 Å². The molecule has 0 unspecified atom stereocenters. The van der Waals surface area contributed by atoms with Crippen LogP contribution in [0, 0.1) is 18.3 Å². The summed E-state index contributed by atoms with van der Waals surface area (Å²) in [6.45, 7) is 3.19. The highest BCUT2D eigenvalue weighted by atomic mass is 32.1. The highest BCUT2D eigenvalue weighted by molar-refractivity contribution is 7.09. The zero-order valence-corrected chi connectivity index (χ0v) is 17.5. The normalized spacial score (nSPS) is 10.7. The van der Waals surface area contributed by atoms with Crippen LogP contribution < -0.4 is 4.74 Å². The molecule has 1 aromatic carbocycles. The first-order chi connectivity index (χ1) is 14.6. The maximum atomic E-state index is 12.6. The molecule has 1 amide bonds. The van der Waals surface area contributed by atoms with E-state index in [1.807, 2.05) is 48.7 Å². The molecular weight excluding hydrogens is 396 g/mol. The average molecular weight is 419 g/mol. The Hall–Kier alpha value is -3.50. The first kappa shape index (κ1) is 21.2. The Kier molecular flexibility index (Phi) is 7.70. The highest BCUT2D eigenvalue weighted by Crippen LogP contribution is 2.16. The van der Waals surface area contributed by atoms with Crippen LogP contribution in [-0.2, 0) is 17.9 Å². The lowest BCUT2D eigenvalue weighted by atomic mass is 10.2. The van der Waals surface area contributed by atoms with Gasteiger partial charge in [0.15, 0.2) is 0 Å². The van der Waals surface area contributed by atoms with Crippen molar-refractivity contribution in [3.05, 3.63) is 82.1 Å². The summed E-state index contributed by atoms with van der Waals surface area (Å²) in [5.74, 6) is 0.602. The molecule has 0 saturated heterocycles. The van der Waals surface area contributed by atoms with Crippen molar-refractivity contribution in [3.63, 3.8) is 0 Å². The molecule has 0 N–H and O–H groups in total. The SMILES string of the molecule is Cc1nc(COc2ccc(/C=C/C(=O)N(CCC#N)Cc3cccnc3)cc2)cs1. The van der Waals surface area contributed by atoms with Crippen molar-refractivity contribution in [1.29, 1.82) is 5.26 Å². The molecule has 0 fully saturated rings. The molecule has 2 aromatic heterocycles. The van der Waals surface area contributed by atoms with Gasteiger partial charge in [0, 0.05) is 36.9 Å². The van der Waals surface area contributed by atoms with Crippen molar-refractivity contribution in [2.24, 2.45) is 0 Å². The maximum absolute atomic E-state index is 12.6. The van der Waals surface area contributed by atoms with Crippen LogP contribution in [0.15, 0.2) is 60.2 Å². The molecule has 2 heterocycles. The Morgan fingerprint density at radius 3 is 2.80 bits per heavy atom. The van der Waals surface area contributed by atoms with E-state index >= 15 is 0 Å². The van der Waals surface area contributed by atoms with Crippen LogP contribution in [0.25, 0.3) is 6.08 Å². The summed E-state index contributed by atoms with van der Waals surface area (Å²) in [6.07, 6.45) is 6.99. The van der Waals surface area contributed by atoms with Crippen LogP contribution in [0.4, 0.5) is 0 Å². The van der Waals surface area contributed by atoms with Crippen LogP contribution in [-0.4, -0.2) is 27.3 Å². The van der Waals surface area contributed by atoms with Gasteiger partial charge in [0.25, 0.3) is 0 Å². The van der Waals surface area contributed by atoms with Crippen molar-refractivity contribution in [1.82, 2.24) is 14.9 Å². The molecule has 152 valence electrons. The topological polar surface area (TPSA) is 79.1 Å². The van der Waals surface area contributed by atoms with Gasteiger partial charge < -0.3 is 9.64 Å². The molecular formula is C23H22N4O2S. The van der Waals surface area contributed by atoms with Gasteiger partial charge in [0.05, 0.1) is 23.2 Å². The zero-order chi connectivity index (χ0) is 21.2.